The lowest BCUT2D eigenvalue weighted by molar-refractivity contribution is -0.105. The smallest absolute Gasteiger partial charge is 0.315 e. The van der Waals surface area contributed by atoms with Crippen molar-refractivity contribution in [1.82, 2.24) is 5.06 Å². The number of rotatable bonds is 5. The summed E-state index contributed by atoms with van der Waals surface area (Å²) in [6.45, 7) is 3.01. The molecule has 0 radical (unpaired) electrons. The molecule has 7 heteroatoms. The van der Waals surface area contributed by atoms with Gasteiger partial charge in [0.25, 0.3) is 0 Å². The molecule has 0 aliphatic carbocycles. The van der Waals surface area contributed by atoms with Crippen LogP contribution in [0.4, 0.5) is 5.69 Å². The zero-order valence-corrected chi connectivity index (χ0v) is 10.7. The average Bonchev–Trinajstić information content (AvgIpc) is 2.24. The molecule has 2 rings (SSSR count). The summed E-state index contributed by atoms with van der Waals surface area (Å²) >= 11 is 0. The Morgan fingerprint density at radius 2 is 2.11 bits per heavy atom. The molecule has 6 nitrogen and oxygen atoms in total. The number of amides is 1. The summed E-state index contributed by atoms with van der Waals surface area (Å²) in [4.78, 5) is 10.5. The van der Waals surface area contributed by atoms with Gasteiger partial charge in [-0.05, 0) is 31.0 Å². The molecule has 0 spiro atoms. The number of aryl methyl sites for hydroxylation is 1. The van der Waals surface area contributed by atoms with Gasteiger partial charge < -0.3 is 5.32 Å². The van der Waals surface area contributed by atoms with E-state index in [1.165, 1.54) is 11.1 Å². The van der Waals surface area contributed by atoms with Crippen LogP contribution in [0.2, 0.25) is 0 Å². The molecule has 1 aliphatic rings. The van der Waals surface area contributed by atoms with Gasteiger partial charge >= 0.3 is 10.1 Å². The highest BCUT2D eigenvalue weighted by atomic mass is 32.2. The Hall–Kier alpha value is -1.44. The van der Waals surface area contributed by atoms with Crippen molar-refractivity contribution in [3.05, 3.63) is 23.8 Å². The number of anilines is 1. The van der Waals surface area contributed by atoms with Gasteiger partial charge in [0, 0.05) is 13.1 Å². The maximum absolute atomic E-state index is 12.0. The lowest BCUT2D eigenvalue weighted by Crippen LogP contribution is -2.38. The molecule has 18 heavy (non-hydrogen) atoms. The Bertz CT molecular complexity index is 552. The van der Waals surface area contributed by atoms with Gasteiger partial charge in [0.15, 0.2) is 0 Å². The molecule has 0 bridgehead atoms. The first-order chi connectivity index (χ1) is 8.53. The van der Waals surface area contributed by atoms with Crippen LogP contribution in [0.1, 0.15) is 12.0 Å². The second-order valence-electron chi connectivity index (χ2n) is 4.07. The molecule has 1 fully saturated rings. The first-order valence-electron chi connectivity index (χ1n) is 5.53. The van der Waals surface area contributed by atoms with Gasteiger partial charge in [-0.1, -0.05) is 6.07 Å². The molecular formula is C11H14N2O4S. The molecular weight excluding hydrogens is 256 g/mol. The number of carbonyl (C=O) groups is 1. The van der Waals surface area contributed by atoms with Crippen LogP contribution in [0.25, 0.3) is 0 Å². The highest BCUT2D eigenvalue weighted by Gasteiger charge is 2.26. The summed E-state index contributed by atoms with van der Waals surface area (Å²) in [5, 5.41) is 3.75. The minimum atomic E-state index is -3.89. The van der Waals surface area contributed by atoms with Gasteiger partial charge in [-0.25, -0.2) is 0 Å². The molecule has 0 unspecified atom stereocenters. The maximum Gasteiger partial charge on any atom is 0.315 e. The third-order valence-electron chi connectivity index (χ3n) is 2.64. The Balaban J connectivity index is 2.32. The lowest BCUT2D eigenvalue weighted by atomic mass is 10.2. The van der Waals surface area contributed by atoms with Crippen molar-refractivity contribution in [2.75, 3.05) is 18.4 Å². The minimum Gasteiger partial charge on any atom is -0.327 e. The zero-order valence-electron chi connectivity index (χ0n) is 9.92. The Morgan fingerprint density at radius 3 is 2.67 bits per heavy atom. The zero-order chi connectivity index (χ0) is 13.2. The predicted molar refractivity (Wildman–Crippen MR) is 65.3 cm³/mol. The fraction of sp³-hybridized carbons (Fsp3) is 0.364. The van der Waals surface area contributed by atoms with Crippen molar-refractivity contribution in [2.45, 2.75) is 18.2 Å². The van der Waals surface area contributed by atoms with Crippen molar-refractivity contribution in [3.63, 3.8) is 0 Å². The normalized spacial score (nSPS) is 16.1. The first kappa shape index (κ1) is 13.0. The summed E-state index contributed by atoms with van der Waals surface area (Å²) in [5.74, 6) is 0. The lowest BCUT2D eigenvalue weighted by Gasteiger charge is -2.28. The molecule has 1 N–H and O–H groups in total. The third-order valence-corrected chi connectivity index (χ3v) is 3.94. The van der Waals surface area contributed by atoms with Crippen LogP contribution in [0, 0.1) is 6.92 Å². The van der Waals surface area contributed by atoms with E-state index in [9.17, 15) is 13.2 Å². The number of benzene rings is 1. The molecule has 0 saturated carbocycles. The van der Waals surface area contributed by atoms with Crippen LogP contribution >= 0.6 is 0 Å². The summed E-state index contributed by atoms with van der Waals surface area (Å²) in [6.07, 6.45) is 1.36. The van der Waals surface area contributed by atoms with Crippen molar-refractivity contribution in [2.24, 2.45) is 0 Å². The fourth-order valence-electron chi connectivity index (χ4n) is 1.58. The summed E-state index contributed by atoms with van der Waals surface area (Å²) < 4.78 is 29.0. The highest BCUT2D eigenvalue weighted by Crippen LogP contribution is 2.25. The number of hydrogen-bond donors (Lipinski definition) is 1. The van der Waals surface area contributed by atoms with E-state index < -0.39 is 10.1 Å². The monoisotopic (exact) mass is 270 g/mol. The Morgan fingerprint density at radius 1 is 1.39 bits per heavy atom. The maximum atomic E-state index is 12.0. The molecule has 1 saturated heterocycles. The van der Waals surface area contributed by atoms with Gasteiger partial charge in [-0.3, -0.25) is 4.79 Å². The SMILES string of the molecule is Cc1ccc(S(=O)(=O)ON2CCC2)c(NC=O)c1. The van der Waals surface area contributed by atoms with Gasteiger partial charge in [0.05, 0.1) is 5.69 Å². The molecule has 0 aromatic heterocycles. The summed E-state index contributed by atoms with van der Waals surface area (Å²) in [5.41, 5.74) is 1.08. The van der Waals surface area contributed by atoms with E-state index in [1.807, 2.05) is 6.92 Å². The van der Waals surface area contributed by atoms with Crippen LogP contribution in [0.5, 0.6) is 0 Å². The summed E-state index contributed by atoms with van der Waals surface area (Å²) in [6, 6.07) is 4.67. The van der Waals surface area contributed by atoms with Gasteiger partial charge in [-0.2, -0.15) is 17.8 Å². The van der Waals surface area contributed by atoms with Crippen LogP contribution in [0.3, 0.4) is 0 Å². The van der Waals surface area contributed by atoms with E-state index in [0.29, 0.717) is 19.5 Å². The van der Waals surface area contributed by atoms with Crippen molar-refractivity contribution in [1.29, 1.82) is 0 Å². The summed E-state index contributed by atoms with van der Waals surface area (Å²) in [7, 11) is -3.89. The highest BCUT2D eigenvalue weighted by molar-refractivity contribution is 7.86. The van der Waals surface area contributed by atoms with E-state index in [1.54, 1.807) is 12.1 Å². The van der Waals surface area contributed by atoms with Crippen molar-refractivity contribution < 1.29 is 17.5 Å². The van der Waals surface area contributed by atoms with Gasteiger partial charge in [0.2, 0.25) is 6.41 Å². The van der Waals surface area contributed by atoms with E-state index in [4.69, 9.17) is 4.28 Å². The number of nitrogens with zero attached hydrogens (tertiary/aromatic N) is 1. The second kappa shape index (κ2) is 5.05. The Labute approximate surface area is 106 Å². The first-order valence-corrected chi connectivity index (χ1v) is 6.94. The topological polar surface area (TPSA) is 75.7 Å². The number of hydroxylamine groups is 2. The average molecular weight is 270 g/mol. The molecule has 1 heterocycles. The van der Waals surface area contributed by atoms with E-state index in [2.05, 4.69) is 5.32 Å². The quantitative estimate of drug-likeness (QED) is 0.804. The minimum absolute atomic E-state index is 0.0351. The van der Waals surface area contributed by atoms with Crippen LogP contribution < -0.4 is 5.32 Å². The number of hydrogen-bond acceptors (Lipinski definition) is 5. The van der Waals surface area contributed by atoms with E-state index >= 15 is 0 Å². The molecule has 98 valence electrons. The molecule has 1 aromatic carbocycles. The third kappa shape index (κ3) is 2.69. The standard InChI is InChI=1S/C11H14N2O4S/c1-9-3-4-11(10(7-9)12-8-14)18(15,16)17-13-5-2-6-13/h3-4,7-8H,2,5-6H2,1H3,(H,12,14). The second-order valence-corrected chi connectivity index (χ2v) is 5.57. The predicted octanol–water partition coefficient (Wildman–Crippen LogP) is 0.889. The van der Waals surface area contributed by atoms with E-state index in [-0.39, 0.29) is 10.6 Å². The largest absolute Gasteiger partial charge is 0.327 e. The van der Waals surface area contributed by atoms with Crippen LogP contribution in [0.15, 0.2) is 23.1 Å². The molecule has 1 amide bonds. The van der Waals surface area contributed by atoms with Gasteiger partial charge in [0.1, 0.15) is 4.90 Å². The molecule has 1 aliphatic heterocycles. The fourth-order valence-corrected chi connectivity index (χ4v) is 2.71. The van der Waals surface area contributed by atoms with Gasteiger partial charge in [-0.15, -0.1) is 0 Å². The molecule has 1 aromatic rings. The van der Waals surface area contributed by atoms with Crippen molar-refractivity contribution >= 4 is 22.2 Å². The van der Waals surface area contributed by atoms with Crippen LogP contribution in [-0.2, 0) is 19.2 Å². The van der Waals surface area contributed by atoms with Crippen LogP contribution in [-0.4, -0.2) is 33.0 Å². The Kier molecular flexibility index (Phi) is 3.65. The van der Waals surface area contributed by atoms with E-state index in [0.717, 1.165) is 12.0 Å². The number of carbonyl (C=O) groups excluding carboxylic acids is 1. The number of nitrogens with one attached hydrogen (secondary N) is 1. The van der Waals surface area contributed by atoms with Crippen molar-refractivity contribution in [3.8, 4) is 0 Å². The molecule has 0 atom stereocenters.